The van der Waals surface area contributed by atoms with Gasteiger partial charge in [0.25, 0.3) is 0 Å². The Morgan fingerprint density at radius 3 is 2.76 bits per heavy atom. The van der Waals surface area contributed by atoms with Gasteiger partial charge >= 0.3 is 0 Å². The third kappa shape index (κ3) is 2.75. The lowest BCUT2D eigenvalue weighted by atomic mass is 10.2. The lowest BCUT2D eigenvalue weighted by molar-refractivity contribution is -0.132. The van der Waals surface area contributed by atoms with Crippen molar-refractivity contribution in [3.05, 3.63) is 29.3 Å². The van der Waals surface area contributed by atoms with Gasteiger partial charge in [-0.1, -0.05) is 0 Å². The van der Waals surface area contributed by atoms with Crippen molar-refractivity contribution < 1.29 is 9.18 Å². The first-order valence-electron chi connectivity index (χ1n) is 6.88. The lowest BCUT2D eigenvalue weighted by Gasteiger charge is -2.22. The predicted octanol–water partition coefficient (Wildman–Crippen LogP) is 3.26. The number of imidazole rings is 1. The number of rotatable bonds is 4. The summed E-state index contributed by atoms with van der Waals surface area (Å²) in [6.07, 6.45) is 0. The second-order valence-electron chi connectivity index (χ2n) is 5.15. The summed E-state index contributed by atoms with van der Waals surface area (Å²) in [5.74, 6) is 0.410. The Labute approximate surface area is 128 Å². The lowest BCUT2D eigenvalue weighted by Crippen LogP contribution is -2.33. The number of halogens is 2. The van der Waals surface area contributed by atoms with E-state index >= 15 is 0 Å². The molecule has 0 radical (unpaired) electrons. The molecule has 0 spiro atoms. The number of carbonyl (C=O) groups excluding carboxylic acids is 1. The second-order valence-corrected chi connectivity index (χ2v) is 5.42. The molecule has 4 nitrogen and oxygen atoms in total. The Balaban J connectivity index is 2.61. The first-order chi connectivity index (χ1) is 9.90. The number of likely N-dealkylation sites (N-methyl/N-ethyl adjacent to an activating group) is 1. The van der Waals surface area contributed by atoms with Crippen molar-refractivity contribution in [2.24, 2.45) is 0 Å². The average molecular weight is 312 g/mol. The highest BCUT2D eigenvalue weighted by molar-refractivity contribution is 6.17. The number of amides is 1. The molecule has 2 aromatic rings. The van der Waals surface area contributed by atoms with Crippen LogP contribution < -0.4 is 0 Å². The molecule has 1 amide bonds. The molecule has 0 bridgehead atoms. The maximum absolute atomic E-state index is 13.7. The zero-order valence-electron chi connectivity index (χ0n) is 12.7. The smallest absolute Gasteiger partial charge is 0.245 e. The van der Waals surface area contributed by atoms with Crippen molar-refractivity contribution >= 4 is 28.5 Å². The van der Waals surface area contributed by atoms with Crippen LogP contribution in [0.15, 0.2) is 12.1 Å². The van der Waals surface area contributed by atoms with Crippen LogP contribution >= 0.6 is 11.6 Å². The maximum Gasteiger partial charge on any atom is 0.245 e. The highest BCUT2D eigenvalue weighted by Gasteiger charge is 2.23. The predicted molar refractivity (Wildman–Crippen MR) is 82.0 cm³/mol. The number of carbonyl (C=O) groups is 1. The van der Waals surface area contributed by atoms with E-state index in [1.807, 2.05) is 13.8 Å². The van der Waals surface area contributed by atoms with Gasteiger partial charge in [-0.25, -0.2) is 9.37 Å². The van der Waals surface area contributed by atoms with Gasteiger partial charge in [0.2, 0.25) is 5.91 Å². The summed E-state index contributed by atoms with van der Waals surface area (Å²) in [4.78, 5) is 18.4. The van der Waals surface area contributed by atoms with Crippen molar-refractivity contribution in [2.45, 2.75) is 32.7 Å². The van der Waals surface area contributed by atoms with Crippen LogP contribution in [0, 0.1) is 12.7 Å². The van der Waals surface area contributed by atoms with E-state index in [4.69, 9.17) is 11.6 Å². The molecule has 0 aliphatic carbocycles. The summed E-state index contributed by atoms with van der Waals surface area (Å²) in [6, 6.07) is 2.67. The molecule has 0 saturated carbocycles. The van der Waals surface area contributed by atoms with E-state index in [-0.39, 0.29) is 17.6 Å². The minimum Gasteiger partial charge on any atom is -0.344 e. The first kappa shape index (κ1) is 15.8. The van der Waals surface area contributed by atoms with Crippen LogP contribution in [0.4, 0.5) is 4.39 Å². The average Bonchev–Trinajstić information content (AvgIpc) is 2.82. The monoisotopic (exact) mass is 311 g/mol. The van der Waals surface area contributed by atoms with Crippen LogP contribution in [0.1, 0.15) is 31.3 Å². The molecule has 0 fully saturated rings. The number of fused-ring (bicyclic) bond motifs is 1. The van der Waals surface area contributed by atoms with E-state index in [1.54, 1.807) is 29.5 Å². The molecule has 1 unspecified atom stereocenters. The second kappa shape index (κ2) is 6.02. The van der Waals surface area contributed by atoms with Crippen LogP contribution in [0.2, 0.25) is 0 Å². The highest BCUT2D eigenvalue weighted by Crippen LogP contribution is 2.25. The molecule has 0 N–H and O–H groups in total. The number of aromatic nitrogens is 2. The molecule has 21 heavy (non-hydrogen) atoms. The van der Waals surface area contributed by atoms with Gasteiger partial charge in [0, 0.05) is 19.7 Å². The third-order valence-corrected chi connectivity index (χ3v) is 4.00. The fourth-order valence-corrected chi connectivity index (χ4v) is 2.57. The van der Waals surface area contributed by atoms with Gasteiger partial charge in [0.15, 0.2) is 0 Å². The van der Waals surface area contributed by atoms with Crippen molar-refractivity contribution in [1.82, 2.24) is 14.5 Å². The molecule has 0 aliphatic heterocycles. The molecule has 1 heterocycles. The quantitative estimate of drug-likeness (QED) is 0.813. The third-order valence-electron chi connectivity index (χ3n) is 3.76. The highest BCUT2D eigenvalue weighted by atomic mass is 35.5. The molecule has 6 heteroatoms. The van der Waals surface area contributed by atoms with E-state index in [0.29, 0.717) is 23.4 Å². The molecule has 0 aliphatic rings. The maximum atomic E-state index is 13.7. The molecule has 1 atom stereocenters. The Hall–Kier alpha value is -1.62. The Kier molecular flexibility index (Phi) is 4.52. The van der Waals surface area contributed by atoms with Crippen molar-refractivity contribution in [2.75, 3.05) is 13.6 Å². The molecule has 2 rings (SSSR count). The molecule has 0 saturated heterocycles. The number of aryl methyl sites for hydroxylation is 1. The first-order valence-corrected chi connectivity index (χ1v) is 7.42. The molecular weight excluding hydrogens is 293 g/mol. The van der Waals surface area contributed by atoms with Crippen molar-refractivity contribution in [3.63, 3.8) is 0 Å². The van der Waals surface area contributed by atoms with Crippen LogP contribution in [0.3, 0.4) is 0 Å². The van der Waals surface area contributed by atoms with E-state index < -0.39 is 6.04 Å². The molecular formula is C15H19ClFN3O. The fraction of sp³-hybridized carbons (Fsp3) is 0.467. The van der Waals surface area contributed by atoms with Crippen molar-refractivity contribution in [3.8, 4) is 0 Å². The number of benzene rings is 1. The van der Waals surface area contributed by atoms with Gasteiger partial charge < -0.3 is 9.47 Å². The number of hydrogen-bond donors (Lipinski definition) is 0. The van der Waals surface area contributed by atoms with E-state index in [2.05, 4.69) is 4.98 Å². The van der Waals surface area contributed by atoms with Gasteiger partial charge in [-0.05, 0) is 32.4 Å². The van der Waals surface area contributed by atoms with Gasteiger partial charge in [-0.3, -0.25) is 4.79 Å². The summed E-state index contributed by atoms with van der Waals surface area (Å²) in [5, 5.41) is 0. The van der Waals surface area contributed by atoms with Crippen LogP contribution in [-0.2, 0) is 10.7 Å². The zero-order valence-corrected chi connectivity index (χ0v) is 13.4. The number of alkyl halides is 1. The Bertz CT molecular complexity index is 683. The minimum absolute atomic E-state index is 0.0230. The van der Waals surface area contributed by atoms with Crippen LogP contribution in [0.5, 0.6) is 0 Å². The molecule has 114 valence electrons. The Morgan fingerprint density at radius 2 is 2.19 bits per heavy atom. The summed E-state index contributed by atoms with van der Waals surface area (Å²) < 4.78 is 15.5. The minimum atomic E-state index is -0.432. The van der Waals surface area contributed by atoms with Gasteiger partial charge in [-0.2, -0.15) is 0 Å². The van der Waals surface area contributed by atoms with Gasteiger partial charge in [0.05, 0.1) is 16.9 Å². The largest absolute Gasteiger partial charge is 0.344 e. The summed E-state index contributed by atoms with van der Waals surface area (Å²) >= 11 is 5.94. The van der Waals surface area contributed by atoms with Gasteiger partial charge in [-0.15, -0.1) is 11.6 Å². The topological polar surface area (TPSA) is 38.1 Å². The fourth-order valence-electron chi connectivity index (χ4n) is 2.38. The van der Waals surface area contributed by atoms with Crippen LogP contribution in [0.25, 0.3) is 11.0 Å². The SMILES string of the molecule is CCN(C)C(=O)C(C)n1c(CCl)nc2cc(F)c(C)cc21. The molecule has 1 aromatic carbocycles. The standard InChI is InChI=1S/C15H19ClFN3O/c1-5-19(4)15(21)10(3)20-13-6-9(2)11(17)7-12(13)18-14(20)8-16/h6-7,10H,5,8H2,1-4H3. The summed E-state index contributed by atoms with van der Waals surface area (Å²) in [6.45, 7) is 6.04. The molecule has 1 aromatic heterocycles. The van der Waals surface area contributed by atoms with E-state index in [1.165, 1.54) is 6.07 Å². The number of hydrogen-bond acceptors (Lipinski definition) is 2. The number of nitrogens with zero attached hydrogens (tertiary/aromatic N) is 3. The van der Waals surface area contributed by atoms with Crippen LogP contribution in [-0.4, -0.2) is 34.0 Å². The van der Waals surface area contributed by atoms with Crippen molar-refractivity contribution in [1.29, 1.82) is 0 Å². The Morgan fingerprint density at radius 1 is 1.52 bits per heavy atom. The zero-order chi connectivity index (χ0) is 15.7. The van der Waals surface area contributed by atoms with Gasteiger partial charge in [0.1, 0.15) is 17.7 Å². The van der Waals surface area contributed by atoms with E-state index in [0.717, 1.165) is 5.52 Å². The summed E-state index contributed by atoms with van der Waals surface area (Å²) in [7, 11) is 1.75. The van der Waals surface area contributed by atoms with E-state index in [9.17, 15) is 9.18 Å². The summed E-state index contributed by atoms with van der Waals surface area (Å²) in [5.41, 5.74) is 1.77. The normalized spacial score (nSPS) is 12.7.